The predicted molar refractivity (Wildman–Crippen MR) is 140 cm³/mol. The maximum atomic E-state index is 13.3. The van der Waals surface area contributed by atoms with Gasteiger partial charge in [-0.15, -0.1) is 0 Å². The van der Waals surface area contributed by atoms with Crippen LogP contribution in [0.4, 0.5) is 10.1 Å². The van der Waals surface area contributed by atoms with Crippen LogP contribution in [0.3, 0.4) is 0 Å². The molecule has 196 valence electrons. The van der Waals surface area contributed by atoms with Crippen molar-refractivity contribution in [1.29, 1.82) is 0 Å². The van der Waals surface area contributed by atoms with Gasteiger partial charge in [-0.2, -0.15) is 4.98 Å². The molecule has 12 heteroatoms. The number of nitrogens with zero attached hydrogens (tertiary/aromatic N) is 3. The van der Waals surface area contributed by atoms with E-state index in [1.165, 1.54) is 30.5 Å². The maximum Gasteiger partial charge on any atom is 0.257 e. The quantitative estimate of drug-likeness (QED) is 0.290. The molecule has 0 saturated heterocycles. The molecule has 1 N–H and O–H groups in total. The summed E-state index contributed by atoms with van der Waals surface area (Å²) >= 11 is 13.3. The van der Waals surface area contributed by atoms with Crippen LogP contribution in [0.5, 0.6) is 0 Å². The number of carbonyl (C=O) groups is 1. The van der Waals surface area contributed by atoms with E-state index in [9.17, 15) is 17.6 Å². The lowest BCUT2D eigenvalue weighted by atomic mass is 9.94. The minimum Gasteiger partial charge on any atom is -0.334 e. The molecule has 1 amide bonds. The van der Waals surface area contributed by atoms with E-state index in [2.05, 4.69) is 20.4 Å². The SMILES string of the molecule is CCS(=O)(=O)c1ccc(CC(=O)Nc2cc(Cl)c(C3(c4noc(-c5ccc(F)cc5)n4)CC3)c(Cl)c2)nc1. The molecule has 1 saturated carbocycles. The molecule has 4 aromatic rings. The second-order valence-electron chi connectivity index (χ2n) is 8.94. The van der Waals surface area contributed by atoms with Crippen molar-refractivity contribution in [2.45, 2.75) is 36.5 Å². The van der Waals surface area contributed by atoms with Crippen LogP contribution >= 0.6 is 23.2 Å². The van der Waals surface area contributed by atoms with E-state index >= 15 is 0 Å². The smallest absolute Gasteiger partial charge is 0.257 e. The normalized spacial score (nSPS) is 14.3. The summed E-state index contributed by atoms with van der Waals surface area (Å²) in [6.45, 7) is 1.55. The van der Waals surface area contributed by atoms with Crippen LogP contribution in [-0.4, -0.2) is 35.2 Å². The van der Waals surface area contributed by atoms with E-state index < -0.39 is 15.3 Å². The van der Waals surface area contributed by atoms with Crippen LogP contribution in [0.2, 0.25) is 10.0 Å². The summed E-state index contributed by atoms with van der Waals surface area (Å²) in [4.78, 5) is 21.3. The molecular weight excluding hydrogens is 554 g/mol. The lowest BCUT2D eigenvalue weighted by molar-refractivity contribution is -0.115. The van der Waals surface area contributed by atoms with E-state index in [1.807, 2.05) is 0 Å². The molecule has 5 rings (SSSR count). The minimum atomic E-state index is -3.37. The molecule has 0 radical (unpaired) electrons. The average molecular weight is 575 g/mol. The van der Waals surface area contributed by atoms with E-state index in [4.69, 9.17) is 27.7 Å². The van der Waals surface area contributed by atoms with Crippen LogP contribution in [0.25, 0.3) is 11.5 Å². The van der Waals surface area contributed by atoms with E-state index in [1.54, 1.807) is 31.2 Å². The number of benzene rings is 2. The van der Waals surface area contributed by atoms with Gasteiger partial charge in [-0.05, 0) is 61.4 Å². The van der Waals surface area contributed by atoms with Gasteiger partial charge in [-0.3, -0.25) is 9.78 Å². The molecule has 0 spiro atoms. The minimum absolute atomic E-state index is 0.0323. The zero-order valence-corrected chi connectivity index (χ0v) is 22.4. The number of anilines is 1. The molecule has 0 bridgehead atoms. The highest BCUT2D eigenvalue weighted by Gasteiger charge is 2.52. The molecule has 1 fully saturated rings. The van der Waals surface area contributed by atoms with Gasteiger partial charge in [0.25, 0.3) is 5.89 Å². The van der Waals surface area contributed by atoms with Crippen LogP contribution in [0.15, 0.2) is 64.1 Å². The number of pyridine rings is 1. The first kappa shape index (κ1) is 26.3. The Kier molecular flexibility index (Phi) is 6.97. The van der Waals surface area contributed by atoms with Crippen molar-refractivity contribution in [2.75, 3.05) is 11.1 Å². The maximum absolute atomic E-state index is 13.3. The predicted octanol–water partition coefficient (Wildman–Crippen LogP) is 5.63. The van der Waals surface area contributed by atoms with Crippen molar-refractivity contribution in [2.24, 2.45) is 0 Å². The molecular formula is C26H21Cl2FN4O4S. The van der Waals surface area contributed by atoms with E-state index in [-0.39, 0.29) is 34.7 Å². The van der Waals surface area contributed by atoms with Gasteiger partial charge < -0.3 is 9.84 Å². The molecule has 2 heterocycles. The fourth-order valence-electron chi connectivity index (χ4n) is 4.18. The number of carbonyl (C=O) groups excluding carboxylic acids is 1. The Balaban J connectivity index is 1.32. The van der Waals surface area contributed by atoms with Crippen molar-refractivity contribution in [1.82, 2.24) is 15.1 Å². The first-order valence-corrected chi connectivity index (χ1v) is 14.1. The molecule has 38 heavy (non-hydrogen) atoms. The van der Waals surface area contributed by atoms with Crippen LogP contribution in [0.1, 0.15) is 36.8 Å². The highest BCUT2D eigenvalue weighted by Crippen LogP contribution is 2.57. The topological polar surface area (TPSA) is 115 Å². The molecule has 0 aliphatic heterocycles. The summed E-state index contributed by atoms with van der Waals surface area (Å²) in [7, 11) is -3.37. The summed E-state index contributed by atoms with van der Waals surface area (Å²) in [6.07, 6.45) is 2.59. The summed E-state index contributed by atoms with van der Waals surface area (Å²) in [5.74, 6) is -0.0790. The summed E-state index contributed by atoms with van der Waals surface area (Å²) in [5, 5.41) is 7.57. The first-order chi connectivity index (χ1) is 18.1. The first-order valence-electron chi connectivity index (χ1n) is 11.7. The van der Waals surface area contributed by atoms with Gasteiger partial charge in [-0.25, -0.2) is 12.8 Å². The van der Waals surface area contributed by atoms with E-state index in [0.29, 0.717) is 51.2 Å². The number of hydrogen-bond donors (Lipinski definition) is 1. The van der Waals surface area contributed by atoms with Gasteiger partial charge in [0.2, 0.25) is 5.91 Å². The Labute approximate surface area is 228 Å². The lowest BCUT2D eigenvalue weighted by Crippen LogP contribution is -2.17. The molecule has 1 aliphatic carbocycles. The van der Waals surface area contributed by atoms with Crippen molar-refractivity contribution < 1.29 is 22.1 Å². The number of sulfone groups is 1. The third kappa shape index (κ3) is 5.16. The van der Waals surface area contributed by atoms with Crippen molar-refractivity contribution in [3.8, 4) is 11.5 Å². The Bertz CT molecular complexity index is 1600. The monoisotopic (exact) mass is 574 g/mol. The van der Waals surface area contributed by atoms with Crippen molar-refractivity contribution in [3.05, 3.63) is 87.7 Å². The Morgan fingerprint density at radius 3 is 2.37 bits per heavy atom. The Morgan fingerprint density at radius 2 is 1.79 bits per heavy atom. The lowest BCUT2D eigenvalue weighted by Gasteiger charge is -2.17. The second kappa shape index (κ2) is 10.1. The van der Waals surface area contributed by atoms with Gasteiger partial charge >= 0.3 is 0 Å². The zero-order chi connectivity index (χ0) is 27.1. The number of nitrogens with one attached hydrogen (secondary N) is 1. The van der Waals surface area contributed by atoms with E-state index in [0.717, 1.165) is 0 Å². The molecule has 8 nitrogen and oxygen atoms in total. The van der Waals surface area contributed by atoms with Crippen molar-refractivity contribution in [3.63, 3.8) is 0 Å². The van der Waals surface area contributed by atoms with Gasteiger partial charge in [0.05, 0.1) is 22.5 Å². The highest BCUT2D eigenvalue weighted by molar-refractivity contribution is 7.91. The molecule has 2 aromatic heterocycles. The third-order valence-corrected chi connectivity index (χ3v) is 8.69. The van der Waals surface area contributed by atoms with Crippen LogP contribution in [-0.2, 0) is 26.5 Å². The fourth-order valence-corrected chi connectivity index (χ4v) is 5.85. The van der Waals surface area contributed by atoms with Gasteiger partial charge in [0.15, 0.2) is 15.7 Å². The number of hydrogen-bond acceptors (Lipinski definition) is 7. The Hall–Kier alpha value is -3.34. The zero-order valence-electron chi connectivity index (χ0n) is 20.0. The van der Waals surface area contributed by atoms with Gasteiger partial charge in [-0.1, -0.05) is 35.3 Å². The fraction of sp³-hybridized carbons (Fsp3) is 0.231. The average Bonchev–Trinajstić information content (AvgIpc) is 3.51. The Morgan fingerprint density at radius 1 is 1.11 bits per heavy atom. The van der Waals surface area contributed by atoms with Crippen LogP contribution < -0.4 is 5.32 Å². The van der Waals surface area contributed by atoms with Gasteiger partial charge in [0, 0.05) is 38.8 Å². The summed E-state index contributed by atoms with van der Waals surface area (Å²) < 4.78 is 42.6. The van der Waals surface area contributed by atoms with Gasteiger partial charge in [0.1, 0.15) is 5.82 Å². The molecule has 2 aromatic carbocycles. The largest absolute Gasteiger partial charge is 0.334 e. The summed E-state index contributed by atoms with van der Waals surface area (Å²) in [5.41, 5.74) is 1.42. The molecule has 0 unspecified atom stereocenters. The van der Waals surface area contributed by atoms with Crippen LogP contribution in [0, 0.1) is 5.82 Å². The standard InChI is InChI=1S/C26H21Cl2FN4O4S/c1-2-38(35,36)19-8-7-17(30-14-19)13-22(34)31-18-11-20(27)23(21(28)12-18)26(9-10-26)25-32-24(37-33-25)15-3-5-16(29)6-4-15/h3-8,11-12,14H,2,9-10,13H2,1H3,(H,31,34). The molecule has 1 aliphatic rings. The third-order valence-electron chi connectivity index (χ3n) is 6.38. The number of aromatic nitrogens is 3. The molecule has 0 atom stereocenters. The van der Waals surface area contributed by atoms with Crippen molar-refractivity contribution >= 4 is 44.6 Å². The highest BCUT2D eigenvalue weighted by atomic mass is 35.5. The number of amides is 1. The summed E-state index contributed by atoms with van der Waals surface area (Å²) in [6, 6.07) is 11.9. The number of rotatable bonds is 8. The number of halogens is 3. The second-order valence-corrected chi connectivity index (χ2v) is 12.0.